The summed E-state index contributed by atoms with van der Waals surface area (Å²) in [7, 11) is 0. The van der Waals surface area contributed by atoms with E-state index < -0.39 is 36.7 Å². The molecule has 1 atom stereocenters. The van der Waals surface area contributed by atoms with Crippen LogP contribution in [-0.2, 0) is 11.3 Å². The van der Waals surface area contributed by atoms with E-state index in [9.17, 15) is 22.4 Å². The second-order valence-electron chi connectivity index (χ2n) is 5.19. The van der Waals surface area contributed by atoms with Crippen LogP contribution in [0.25, 0.3) is 0 Å². The van der Waals surface area contributed by atoms with E-state index in [1.54, 1.807) is 0 Å². The highest BCUT2D eigenvalue weighted by atomic mass is 19.3. The van der Waals surface area contributed by atoms with Crippen molar-refractivity contribution in [3.05, 3.63) is 53.3 Å². The first-order chi connectivity index (χ1) is 11.4. The number of hydrogen-bond donors (Lipinski definition) is 1. The predicted molar refractivity (Wildman–Crippen MR) is 79.8 cm³/mol. The van der Waals surface area contributed by atoms with Gasteiger partial charge in [-0.05, 0) is 18.1 Å². The highest BCUT2D eigenvalue weighted by Crippen LogP contribution is 2.25. The maximum atomic E-state index is 12.9. The van der Waals surface area contributed by atoms with Gasteiger partial charge in [0.25, 0.3) is 12.9 Å². The van der Waals surface area contributed by atoms with Crippen molar-refractivity contribution < 1.29 is 22.4 Å². The molecule has 4 nitrogen and oxygen atoms in total. The molecular formula is C16H17F4N3O. The fourth-order valence-electron chi connectivity index (χ4n) is 2.34. The fraction of sp³-hybridized carbons (Fsp3) is 0.375. The third-order valence-corrected chi connectivity index (χ3v) is 3.52. The van der Waals surface area contributed by atoms with E-state index in [0.29, 0.717) is 17.2 Å². The minimum absolute atomic E-state index is 0.293. The van der Waals surface area contributed by atoms with E-state index >= 15 is 0 Å². The average molecular weight is 343 g/mol. The molecule has 0 saturated carbocycles. The molecule has 1 unspecified atom stereocenters. The maximum absolute atomic E-state index is 12.9. The zero-order valence-corrected chi connectivity index (χ0v) is 12.9. The number of hydrogen-bond acceptors (Lipinski definition) is 2. The zero-order valence-electron chi connectivity index (χ0n) is 12.9. The number of halogens is 4. The number of nitrogens with one attached hydrogen (secondary N) is 1. The smallest absolute Gasteiger partial charge is 0.282 e. The van der Waals surface area contributed by atoms with Crippen molar-refractivity contribution in [2.45, 2.75) is 38.8 Å². The van der Waals surface area contributed by atoms with E-state index in [0.717, 1.165) is 5.56 Å². The SMILES string of the molecule is CCC(NC(=O)Cn1nc(C(F)F)cc1C(F)F)c1ccccc1. The van der Waals surface area contributed by atoms with Gasteiger partial charge in [-0.1, -0.05) is 37.3 Å². The van der Waals surface area contributed by atoms with Gasteiger partial charge in [0.1, 0.15) is 17.9 Å². The fourth-order valence-corrected chi connectivity index (χ4v) is 2.34. The van der Waals surface area contributed by atoms with Crippen molar-refractivity contribution in [3.8, 4) is 0 Å². The summed E-state index contributed by atoms with van der Waals surface area (Å²) in [5.41, 5.74) is -0.599. The lowest BCUT2D eigenvalue weighted by Crippen LogP contribution is -2.32. The minimum Gasteiger partial charge on any atom is -0.348 e. The average Bonchev–Trinajstić information content (AvgIpc) is 2.97. The van der Waals surface area contributed by atoms with Crippen LogP contribution in [0.2, 0.25) is 0 Å². The number of nitrogens with zero attached hydrogens (tertiary/aromatic N) is 2. The molecule has 1 N–H and O–H groups in total. The van der Waals surface area contributed by atoms with Crippen molar-refractivity contribution in [1.82, 2.24) is 15.1 Å². The van der Waals surface area contributed by atoms with Gasteiger partial charge in [-0.25, -0.2) is 17.6 Å². The molecule has 1 amide bonds. The summed E-state index contributed by atoms with van der Waals surface area (Å²) in [5.74, 6) is -0.573. The molecule has 1 aromatic carbocycles. The third-order valence-electron chi connectivity index (χ3n) is 3.52. The summed E-state index contributed by atoms with van der Waals surface area (Å²) in [5, 5.41) is 6.11. The summed E-state index contributed by atoms with van der Waals surface area (Å²) in [6, 6.07) is 9.48. The second-order valence-corrected chi connectivity index (χ2v) is 5.19. The van der Waals surface area contributed by atoms with E-state index in [-0.39, 0.29) is 6.04 Å². The molecule has 0 bridgehead atoms. The number of rotatable bonds is 7. The van der Waals surface area contributed by atoms with Gasteiger partial charge < -0.3 is 5.32 Å². The molecule has 0 radical (unpaired) electrons. The Morgan fingerprint density at radius 2 is 1.83 bits per heavy atom. The molecule has 0 aliphatic rings. The van der Waals surface area contributed by atoms with Crippen molar-refractivity contribution >= 4 is 5.91 Å². The molecule has 0 saturated heterocycles. The molecule has 2 aromatic rings. The number of amides is 1. The number of carbonyl (C=O) groups is 1. The maximum Gasteiger partial charge on any atom is 0.282 e. The Morgan fingerprint density at radius 3 is 2.38 bits per heavy atom. The van der Waals surface area contributed by atoms with Gasteiger partial charge in [0.2, 0.25) is 5.91 Å². The van der Waals surface area contributed by atoms with Crippen LogP contribution in [0.5, 0.6) is 0 Å². The summed E-state index contributed by atoms with van der Waals surface area (Å²) in [6.07, 6.45) is -5.37. The van der Waals surface area contributed by atoms with Gasteiger partial charge in [-0.3, -0.25) is 9.48 Å². The van der Waals surface area contributed by atoms with Gasteiger partial charge in [-0.2, -0.15) is 5.10 Å². The molecule has 0 spiro atoms. The number of aromatic nitrogens is 2. The number of carbonyl (C=O) groups excluding carboxylic acids is 1. The molecule has 1 heterocycles. The molecular weight excluding hydrogens is 326 g/mol. The highest BCUT2D eigenvalue weighted by molar-refractivity contribution is 5.76. The van der Waals surface area contributed by atoms with Gasteiger partial charge in [0.05, 0.1) is 6.04 Å². The topological polar surface area (TPSA) is 46.9 Å². The largest absolute Gasteiger partial charge is 0.348 e. The van der Waals surface area contributed by atoms with Gasteiger partial charge in [-0.15, -0.1) is 0 Å². The lowest BCUT2D eigenvalue weighted by molar-refractivity contribution is -0.122. The standard InChI is InChI=1S/C16H17F4N3O/c1-2-11(10-6-4-3-5-7-10)21-14(24)9-23-13(16(19)20)8-12(22-23)15(17)18/h3-8,11,15-16H,2,9H2,1H3,(H,21,24). The minimum atomic E-state index is -2.99. The van der Waals surface area contributed by atoms with E-state index in [1.165, 1.54) is 0 Å². The molecule has 1 aromatic heterocycles. The van der Waals surface area contributed by atoms with Gasteiger partial charge >= 0.3 is 0 Å². The van der Waals surface area contributed by atoms with Crippen molar-refractivity contribution in [2.75, 3.05) is 0 Å². The Kier molecular flexibility index (Phi) is 5.94. The van der Waals surface area contributed by atoms with Crippen LogP contribution >= 0.6 is 0 Å². The zero-order chi connectivity index (χ0) is 17.7. The molecule has 2 rings (SSSR count). The summed E-state index contributed by atoms with van der Waals surface area (Å²) < 4.78 is 51.7. The van der Waals surface area contributed by atoms with E-state index in [1.807, 2.05) is 37.3 Å². The summed E-state index contributed by atoms with van der Waals surface area (Å²) in [4.78, 5) is 12.1. The molecule has 8 heteroatoms. The van der Waals surface area contributed by atoms with E-state index in [4.69, 9.17) is 0 Å². The van der Waals surface area contributed by atoms with Crippen LogP contribution in [0.1, 0.15) is 49.2 Å². The molecule has 0 fully saturated rings. The summed E-state index contributed by atoms with van der Waals surface area (Å²) >= 11 is 0. The highest BCUT2D eigenvalue weighted by Gasteiger charge is 2.23. The Balaban J connectivity index is 2.11. The Morgan fingerprint density at radius 1 is 1.17 bits per heavy atom. The number of benzene rings is 1. The van der Waals surface area contributed by atoms with Crippen LogP contribution in [0.4, 0.5) is 17.6 Å². The van der Waals surface area contributed by atoms with Crippen molar-refractivity contribution in [2.24, 2.45) is 0 Å². The van der Waals surface area contributed by atoms with E-state index in [2.05, 4.69) is 10.4 Å². The molecule has 0 aliphatic heterocycles. The molecule has 24 heavy (non-hydrogen) atoms. The van der Waals surface area contributed by atoms with Crippen LogP contribution in [0.3, 0.4) is 0 Å². The Bertz CT molecular complexity index is 673. The lowest BCUT2D eigenvalue weighted by atomic mass is 10.0. The molecule has 130 valence electrons. The third kappa shape index (κ3) is 4.33. The number of alkyl halides is 4. The quantitative estimate of drug-likeness (QED) is 0.772. The van der Waals surface area contributed by atoms with Gasteiger partial charge in [0.15, 0.2) is 0 Å². The summed E-state index contributed by atoms with van der Waals surface area (Å²) in [6.45, 7) is 1.32. The van der Waals surface area contributed by atoms with Crippen LogP contribution < -0.4 is 5.32 Å². The monoisotopic (exact) mass is 343 g/mol. The Labute approximate surface area is 136 Å². The van der Waals surface area contributed by atoms with Crippen LogP contribution in [0, 0.1) is 0 Å². The first kappa shape index (κ1) is 18.0. The van der Waals surface area contributed by atoms with Crippen molar-refractivity contribution in [3.63, 3.8) is 0 Å². The van der Waals surface area contributed by atoms with Crippen LogP contribution in [-0.4, -0.2) is 15.7 Å². The first-order valence-corrected chi connectivity index (χ1v) is 7.40. The first-order valence-electron chi connectivity index (χ1n) is 7.40. The van der Waals surface area contributed by atoms with Crippen molar-refractivity contribution in [1.29, 1.82) is 0 Å². The predicted octanol–water partition coefficient (Wildman–Crippen LogP) is 4.03. The second kappa shape index (κ2) is 7.94. The van der Waals surface area contributed by atoms with Crippen LogP contribution in [0.15, 0.2) is 36.4 Å². The normalized spacial score (nSPS) is 12.6. The molecule has 0 aliphatic carbocycles. The van der Waals surface area contributed by atoms with Gasteiger partial charge in [0, 0.05) is 0 Å². The Hall–Kier alpha value is -2.38. The lowest BCUT2D eigenvalue weighted by Gasteiger charge is -2.18.